The van der Waals surface area contributed by atoms with Gasteiger partial charge in [-0.2, -0.15) is 0 Å². The van der Waals surface area contributed by atoms with Gasteiger partial charge in [0.2, 0.25) is 0 Å². The lowest BCUT2D eigenvalue weighted by Gasteiger charge is -2.19. The van der Waals surface area contributed by atoms with Gasteiger partial charge in [0.1, 0.15) is 0 Å². The van der Waals surface area contributed by atoms with Crippen molar-refractivity contribution in [1.82, 2.24) is 5.32 Å². The van der Waals surface area contributed by atoms with E-state index in [4.69, 9.17) is 11.6 Å². The highest BCUT2D eigenvalue weighted by Crippen LogP contribution is 2.16. The number of hydrogen-bond donors (Lipinski definition) is 1. The fourth-order valence-corrected chi connectivity index (χ4v) is 2.12. The molecule has 2 atom stereocenters. The second-order valence-electron chi connectivity index (χ2n) is 4.57. The topological polar surface area (TPSA) is 12.0 Å². The van der Waals surface area contributed by atoms with E-state index < -0.39 is 0 Å². The minimum absolute atomic E-state index is 0.549. The summed E-state index contributed by atoms with van der Waals surface area (Å²) >= 11 is 5.98. The van der Waals surface area contributed by atoms with E-state index >= 15 is 0 Å². The predicted molar refractivity (Wildman–Crippen MR) is 72.1 cm³/mol. The maximum atomic E-state index is 5.98. The van der Waals surface area contributed by atoms with E-state index in [2.05, 4.69) is 31.3 Å². The molecule has 0 aliphatic rings. The van der Waals surface area contributed by atoms with Crippen molar-refractivity contribution in [3.63, 3.8) is 0 Å². The molecule has 1 rings (SSSR count). The van der Waals surface area contributed by atoms with Gasteiger partial charge in [0, 0.05) is 11.1 Å². The van der Waals surface area contributed by atoms with Gasteiger partial charge >= 0.3 is 0 Å². The van der Waals surface area contributed by atoms with Crippen LogP contribution in [-0.4, -0.2) is 13.1 Å². The van der Waals surface area contributed by atoms with Crippen LogP contribution in [0.4, 0.5) is 0 Å². The summed E-state index contributed by atoms with van der Waals surface area (Å²) in [5, 5.41) is 4.22. The third kappa shape index (κ3) is 4.54. The minimum atomic E-state index is 0.549. The molecule has 0 fully saturated rings. The Balaban J connectivity index is 2.56. The van der Waals surface area contributed by atoms with Crippen LogP contribution in [0.25, 0.3) is 0 Å². The van der Waals surface area contributed by atoms with E-state index in [9.17, 15) is 0 Å². The molecule has 0 heterocycles. The second kappa shape index (κ2) is 6.93. The molecule has 0 aliphatic heterocycles. The van der Waals surface area contributed by atoms with Crippen molar-refractivity contribution in [2.24, 2.45) is 5.92 Å². The van der Waals surface area contributed by atoms with Gasteiger partial charge in [0.15, 0.2) is 0 Å². The van der Waals surface area contributed by atoms with Gasteiger partial charge in [-0.1, -0.05) is 44.0 Å². The predicted octanol–water partition coefficient (Wildman–Crippen LogP) is 3.91. The highest BCUT2D eigenvalue weighted by atomic mass is 35.5. The van der Waals surface area contributed by atoms with Gasteiger partial charge in [-0.3, -0.25) is 0 Å². The van der Waals surface area contributed by atoms with Gasteiger partial charge in [0.25, 0.3) is 0 Å². The van der Waals surface area contributed by atoms with E-state index in [0.29, 0.717) is 6.04 Å². The molecule has 1 nitrogen and oxygen atoms in total. The number of benzene rings is 1. The second-order valence-corrected chi connectivity index (χ2v) is 5.01. The first-order valence-corrected chi connectivity index (χ1v) is 6.45. The zero-order chi connectivity index (χ0) is 12.0. The van der Waals surface area contributed by atoms with Crippen LogP contribution in [0.2, 0.25) is 5.02 Å². The van der Waals surface area contributed by atoms with E-state index in [-0.39, 0.29) is 0 Å². The maximum absolute atomic E-state index is 5.98. The van der Waals surface area contributed by atoms with Crippen LogP contribution in [0.15, 0.2) is 24.3 Å². The molecule has 0 spiro atoms. The molecule has 16 heavy (non-hydrogen) atoms. The summed E-state index contributed by atoms with van der Waals surface area (Å²) in [7, 11) is 2.04. The summed E-state index contributed by atoms with van der Waals surface area (Å²) in [4.78, 5) is 0. The molecular weight excluding hydrogens is 218 g/mol. The van der Waals surface area contributed by atoms with Crippen LogP contribution < -0.4 is 5.32 Å². The average molecular weight is 240 g/mol. The van der Waals surface area contributed by atoms with Crippen LogP contribution >= 0.6 is 11.6 Å². The summed E-state index contributed by atoms with van der Waals surface area (Å²) < 4.78 is 0. The van der Waals surface area contributed by atoms with Gasteiger partial charge < -0.3 is 5.32 Å². The van der Waals surface area contributed by atoms with Gasteiger partial charge in [-0.25, -0.2) is 0 Å². The molecule has 0 aromatic heterocycles. The maximum Gasteiger partial charge on any atom is 0.0408 e. The van der Waals surface area contributed by atoms with Gasteiger partial charge in [-0.05, 0) is 43.5 Å². The minimum Gasteiger partial charge on any atom is -0.317 e. The SMILES string of the molecule is CCC(C)CC(Cc1cccc(Cl)c1)NC. The fourth-order valence-electron chi connectivity index (χ4n) is 1.90. The van der Waals surface area contributed by atoms with Crippen LogP contribution in [0, 0.1) is 5.92 Å². The van der Waals surface area contributed by atoms with E-state index in [0.717, 1.165) is 17.4 Å². The lowest BCUT2D eigenvalue weighted by atomic mass is 9.95. The molecule has 0 saturated heterocycles. The molecule has 0 bridgehead atoms. The zero-order valence-corrected chi connectivity index (χ0v) is 11.2. The van der Waals surface area contributed by atoms with Gasteiger partial charge in [0.05, 0.1) is 0 Å². The third-order valence-electron chi connectivity index (χ3n) is 3.16. The number of halogens is 1. The van der Waals surface area contributed by atoms with Crippen molar-refractivity contribution in [1.29, 1.82) is 0 Å². The largest absolute Gasteiger partial charge is 0.317 e. The quantitative estimate of drug-likeness (QED) is 0.794. The lowest BCUT2D eigenvalue weighted by Crippen LogP contribution is -2.29. The summed E-state index contributed by atoms with van der Waals surface area (Å²) in [6.07, 6.45) is 3.52. The first-order valence-electron chi connectivity index (χ1n) is 6.07. The van der Waals surface area contributed by atoms with Crippen LogP contribution in [0.1, 0.15) is 32.3 Å². The Morgan fingerprint density at radius 2 is 2.12 bits per heavy atom. The molecule has 2 heteroatoms. The first-order chi connectivity index (χ1) is 7.65. The fraction of sp³-hybridized carbons (Fsp3) is 0.571. The highest BCUT2D eigenvalue weighted by molar-refractivity contribution is 6.30. The smallest absolute Gasteiger partial charge is 0.0408 e. The highest BCUT2D eigenvalue weighted by Gasteiger charge is 2.11. The molecular formula is C14H22ClN. The summed E-state index contributed by atoms with van der Waals surface area (Å²) in [6.45, 7) is 4.55. The Hall–Kier alpha value is -0.530. The molecule has 1 aromatic carbocycles. The van der Waals surface area contributed by atoms with Crippen molar-refractivity contribution < 1.29 is 0 Å². The Morgan fingerprint density at radius 1 is 1.38 bits per heavy atom. The monoisotopic (exact) mass is 239 g/mol. The number of nitrogens with one attached hydrogen (secondary N) is 1. The van der Waals surface area contributed by atoms with Crippen LogP contribution in [0.3, 0.4) is 0 Å². The first kappa shape index (κ1) is 13.5. The average Bonchev–Trinajstić information content (AvgIpc) is 2.28. The molecule has 90 valence electrons. The standard InChI is InChI=1S/C14H22ClN/c1-4-11(2)8-14(16-3)10-12-6-5-7-13(15)9-12/h5-7,9,11,14,16H,4,8,10H2,1-3H3. The van der Waals surface area contributed by atoms with E-state index in [1.165, 1.54) is 18.4 Å². The van der Waals surface area contributed by atoms with Crippen molar-refractivity contribution >= 4 is 11.6 Å². The number of hydrogen-bond acceptors (Lipinski definition) is 1. The van der Waals surface area contributed by atoms with Gasteiger partial charge in [-0.15, -0.1) is 0 Å². The van der Waals surface area contributed by atoms with Crippen LogP contribution in [-0.2, 0) is 6.42 Å². The summed E-state index contributed by atoms with van der Waals surface area (Å²) in [5.41, 5.74) is 1.31. The summed E-state index contributed by atoms with van der Waals surface area (Å²) in [5.74, 6) is 0.775. The van der Waals surface area contributed by atoms with Crippen molar-refractivity contribution in [3.8, 4) is 0 Å². The molecule has 0 amide bonds. The van der Waals surface area contributed by atoms with E-state index in [1.807, 2.05) is 19.2 Å². The molecule has 1 aromatic rings. The van der Waals surface area contributed by atoms with Crippen molar-refractivity contribution in [2.75, 3.05) is 7.05 Å². The van der Waals surface area contributed by atoms with Crippen molar-refractivity contribution in [2.45, 2.75) is 39.2 Å². The van der Waals surface area contributed by atoms with Crippen molar-refractivity contribution in [3.05, 3.63) is 34.9 Å². The summed E-state index contributed by atoms with van der Waals surface area (Å²) in [6, 6.07) is 8.70. The molecule has 0 radical (unpaired) electrons. The van der Waals surface area contributed by atoms with E-state index in [1.54, 1.807) is 0 Å². The molecule has 0 saturated carbocycles. The molecule has 0 aliphatic carbocycles. The normalized spacial score (nSPS) is 14.8. The number of rotatable bonds is 6. The number of likely N-dealkylation sites (N-methyl/N-ethyl adjacent to an activating group) is 1. The Kier molecular flexibility index (Phi) is 5.86. The Labute approximate surface area is 104 Å². The zero-order valence-electron chi connectivity index (χ0n) is 10.5. The van der Waals surface area contributed by atoms with Crippen LogP contribution in [0.5, 0.6) is 0 Å². The molecule has 2 unspecified atom stereocenters. The Morgan fingerprint density at radius 3 is 2.69 bits per heavy atom. The molecule has 1 N–H and O–H groups in total. The lowest BCUT2D eigenvalue weighted by molar-refractivity contribution is 0.410. The third-order valence-corrected chi connectivity index (χ3v) is 3.40. The Bertz CT molecular complexity index is 311.